The number of hydrogen-bond donors (Lipinski definition) is 0. The van der Waals surface area contributed by atoms with Gasteiger partial charge in [0.25, 0.3) is 5.91 Å². The smallest absolute Gasteiger partial charge is 0.410 e. The standard InChI is InChI=1S/C24H35N3O4/c1-5-18-6-8-19(9-7-18)21(28)25-14-16-26(17-15-25)22(29)20-10-12-27(13-11-20)23(30)31-24(2,3)4/h6-9,20H,5,10-17H2,1-4H3. The summed E-state index contributed by atoms with van der Waals surface area (Å²) in [5.74, 6) is 0.103. The maximum absolute atomic E-state index is 13.0. The Bertz CT molecular complexity index is 784. The summed E-state index contributed by atoms with van der Waals surface area (Å²) in [6, 6.07) is 7.77. The van der Waals surface area contributed by atoms with Crippen LogP contribution in [-0.4, -0.2) is 77.5 Å². The van der Waals surface area contributed by atoms with Gasteiger partial charge < -0.3 is 19.4 Å². The van der Waals surface area contributed by atoms with Gasteiger partial charge in [0.2, 0.25) is 5.91 Å². The van der Waals surface area contributed by atoms with E-state index in [0.717, 1.165) is 6.42 Å². The van der Waals surface area contributed by atoms with Gasteiger partial charge in [-0.3, -0.25) is 9.59 Å². The molecule has 2 saturated heterocycles. The lowest BCUT2D eigenvalue weighted by molar-refractivity contribution is -0.138. The van der Waals surface area contributed by atoms with E-state index in [-0.39, 0.29) is 23.8 Å². The molecule has 0 spiro atoms. The van der Waals surface area contributed by atoms with Crippen molar-refractivity contribution in [2.24, 2.45) is 5.92 Å². The van der Waals surface area contributed by atoms with Gasteiger partial charge in [-0.05, 0) is 57.7 Å². The zero-order chi connectivity index (χ0) is 22.6. The predicted octanol–water partition coefficient (Wildman–Crippen LogP) is 3.18. The summed E-state index contributed by atoms with van der Waals surface area (Å²) >= 11 is 0. The molecule has 7 nitrogen and oxygen atoms in total. The zero-order valence-corrected chi connectivity index (χ0v) is 19.2. The number of rotatable bonds is 3. The Morgan fingerprint density at radius 3 is 1.94 bits per heavy atom. The van der Waals surface area contributed by atoms with E-state index in [1.807, 2.05) is 54.8 Å². The maximum Gasteiger partial charge on any atom is 0.410 e. The SMILES string of the molecule is CCc1ccc(C(=O)N2CCN(C(=O)C3CCN(C(=O)OC(C)(C)C)CC3)CC2)cc1. The number of likely N-dealkylation sites (tertiary alicyclic amines) is 1. The summed E-state index contributed by atoms with van der Waals surface area (Å²) in [6.45, 7) is 11.0. The highest BCUT2D eigenvalue weighted by Gasteiger charge is 2.33. The van der Waals surface area contributed by atoms with Gasteiger partial charge in [0.15, 0.2) is 0 Å². The van der Waals surface area contributed by atoms with E-state index in [1.165, 1.54) is 5.56 Å². The van der Waals surface area contributed by atoms with Gasteiger partial charge in [0, 0.05) is 50.7 Å². The Kier molecular flexibility index (Phi) is 7.23. The van der Waals surface area contributed by atoms with E-state index in [1.54, 1.807) is 4.90 Å². The van der Waals surface area contributed by atoms with Crippen LogP contribution in [0.25, 0.3) is 0 Å². The molecule has 0 atom stereocenters. The molecule has 0 aromatic heterocycles. The molecule has 2 heterocycles. The highest BCUT2D eigenvalue weighted by molar-refractivity contribution is 5.94. The number of aryl methyl sites for hydroxylation is 1. The van der Waals surface area contributed by atoms with Gasteiger partial charge in [0.1, 0.15) is 5.60 Å². The second-order valence-electron chi connectivity index (χ2n) is 9.41. The molecular weight excluding hydrogens is 394 g/mol. The first-order chi connectivity index (χ1) is 14.7. The summed E-state index contributed by atoms with van der Waals surface area (Å²) in [5.41, 5.74) is 1.40. The second kappa shape index (κ2) is 9.71. The first-order valence-electron chi connectivity index (χ1n) is 11.3. The molecule has 2 aliphatic rings. The van der Waals surface area contributed by atoms with Gasteiger partial charge >= 0.3 is 6.09 Å². The average molecular weight is 430 g/mol. The Balaban J connectivity index is 1.46. The van der Waals surface area contributed by atoms with Gasteiger partial charge in [-0.25, -0.2) is 4.79 Å². The summed E-state index contributed by atoms with van der Waals surface area (Å²) in [4.78, 5) is 43.3. The van der Waals surface area contributed by atoms with E-state index in [0.29, 0.717) is 57.7 Å². The lowest BCUT2D eigenvalue weighted by Crippen LogP contribution is -2.53. The number of benzene rings is 1. The van der Waals surface area contributed by atoms with Crippen LogP contribution in [0.15, 0.2) is 24.3 Å². The molecule has 2 fully saturated rings. The average Bonchev–Trinajstić information content (AvgIpc) is 2.77. The Labute approximate surface area is 185 Å². The van der Waals surface area contributed by atoms with E-state index in [2.05, 4.69) is 6.92 Å². The maximum atomic E-state index is 13.0. The molecule has 3 rings (SSSR count). The molecule has 7 heteroatoms. The molecule has 0 unspecified atom stereocenters. The second-order valence-corrected chi connectivity index (χ2v) is 9.41. The van der Waals surface area contributed by atoms with Crippen LogP contribution in [0.2, 0.25) is 0 Å². The van der Waals surface area contributed by atoms with Crippen LogP contribution in [0.5, 0.6) is 0 Å². The first kappa shape index (κ1) is 23.1. The minimum atomic E-state index is -0.515. The van der Waals surface area contributed by atoms with E-state index >= 15 is 0 Å². The monoisotopic (exact) mass is 429 g/mol. The number of amides is 3. The number of piperazine rings is 1. The number of piperidine rings is 1. The van der Waals surface area contributed by atoms with E-state index < -0.39 is 5.60 Å². The van der Waals surface area contributed by atoms with Crippen molar-refractivity contribution in [2.45, 2.75) is 52.6 Å². The van der Waals surface area contributed by atoms with E-state index in [9.17, 15) is 14.4 Å². The summed E-state index contributed by atoms with van der Waals surface area (Å²) in [5, 5.41) is 0. The highest BCUT2D eigenvalue weighted by Crippen LogP contribution is 2.22. The summed E-state index contributed by atoms with van der Waals surface area (Å²) in [6.07, 6.45) is 1.95. The highest BCUT2D eigenvalue weighted by atomic mass is 16.6. The third kappa shape index (κ3) is 5.99. The normalized spacial score (nSPS) is 18.1. The van der Waals surface area contributed by atoms with Crippen molar-refractivity contribution < 1.29 is 19.1 Å². The number of carbonyl (C=O) groups excluding carboxylic acids is 3. The molecule has 170 valence electrons. The lowest BCUT2D eigenvalue weighted by Gasteiger charge is -2.38. The van der Waals surface area contributed by atoms with Crippen molar-refractivity contribution in [3.63, 3.8) is 0 Å². The number of ether oxygens (including phenoxy) is 1. The molecule has 0 N–H and O–H groups in total. The van der Waals surface area contributed by atoms with Crippen molar-refractivity contribution in [2.75, 3.05) is 39.3 Å². The predicted molar refractivity (Wildman–Crippen MR) is 119 cm³/mol. The van der Waals surface area contributed by atoms with Crippen molar-refractivity contribution >= 4 is 17.9 Å². The minimum absolute atomic E-state index is 0.0282. The van der Waals surface area contributed by atoms with Gasteiger partial charge in [0.05, 0.1) is 0 Å². The molecule has 0 aliphatic carbocycles. The van der Waals surface area contributed by atoms with Gasteiger partial charge in [-0.2, -0.15) is 0 Å². The Morgan fingerprint density at radius 2 is 1.42 bits per heavy atom. The first-order valence-corrected chi connectivity index (χ1v) is 11.3. The fourth-order valence-electron chi connectivity index (χ4n) is 4.09. The molecule has 2 aliphatic heterocycles. The molecule has 0 bridgehead atoms. The minimum Gasteiger partial charge on any atom is -0.444 e. The molecule has 0 radical (unpaired) electrons. The van der Waals surface area contributed by atoms with Crippen LogP contribution in [-0.2, 0) is 16.0 Å². The zero-order valence-electron chi connectivity index (χ0n) is 19.2. The van der Waals surface area contributed by atoms with Gasteiger partial charge in [-0.15, -0.1) is 0 Å². The van der Waals surface area contributed by atoms with Gasteiger partial charge in [-0.1, -0.05) is 19.1 Å². The van der Waals surface area contributed by atoms with Crippen LogP contribution in [0.4, 0.5) is 4.79 Å². The van der Waals surface area contributed by atoms with Crippen LogP contribution < -0.4 is 0 Å². The van der Waals surface area contributed by atoms with Crippen LogP contribution in [0.1, 0.15) is 56.5 Å². The Hall–Kier alpha value is -2.57. The fraction of sp³-hybridized carbons (Fsp3) is 0.625. The van der Waals surface area contributed by atoms with E-state index in [4.69, 9.17) is 4.74 Å². The molecule has 1 aromatic rings. The lowest BCUT2D eigenvalue weighted by atomic mass is 9.95. The van der Waals surface area contributed by atoms with Crippen LogP contribution in [0, 0.1) is 5.92 Å². The molecule has 1 aromatic carbocycles. The third-order valence-corrected chi connectivity index (χ3v) is 5.98. The molecule has 0 saturated carbocycles. The molecule has 3 amide bonds. The molecular formula is C24H35N3O4. The number of nitrogens with zero attached hydrogens (tertiary/aromatic N) is 3. The quantitative estimate of drug-likeness (QED) is 0.740. The van der Waals surface area contributed by atoms with Crippen LogP contribution >= 0.6 is 0 Å². The van der Waals surface area contributed by atoms with Crippen LogP contribution in [0.3, 0.4) is 0 Å². The van der Waals surface area contributed by atoms with Crippen molar-refractivity contribution in [1.82, 2.24) is 14.7 Å². The largest absolute Gasteiger partial charge is 0.444 e. The topological polar surface area (TPSA) is 70.2 Å². The van der Waals surface area contributed by atoms with Crippen molar-refractivity contribution in [3.05, 3.63) is 35.4 Å². The summed E-state index contributed by atoms with van der Waals surface area (Å²) in [7, 11) is 0. The summed E-state index contributed by atoms with van der Waals surface area (Å²) < 4.78 is 5.43. The molecule has 31 heavy (non-hydrogen) atoms. The van der Waals surface area contributed by atoms with Crippen molar-refractivity contribution in [3.8, 4) is 0 Å². The number of carbonyl (C=O) groups is 3. The number of hydrogen-bond acceptors (Lipinski definition) is 4. The fourth-order valence-corrected chi connectivity index (χ4v) is 4.09. The Morgan fingerprint density at radius 1 is 0.871 bits per heavy atom. The third-order valence-electron chi connectivity index (χ3n) is 5.98. The van der Waals surface area contributed by atoms with Crippen molar-refractivity contribution in [1.29, 1.82) is 0 Å².